The molecule has 120 valence electrons. The molecule has 2 aromatic rings. The highest BCUT2D eigenvalue weighted by atomic mass is 16.2. The van der Waals surface area contributed by atoms with E-state index in [4.69, 9.17) is 4.98 Å². The Morgan fingerprint density at radius 3 is 2.65 bits per heavy atom. The smallest absolute Gasteiger partial charge is 0.248 e. The van der Waals surface area contributed by atoms with E-state index in [2.05, 4.69) is 21.5 Å². The number of aryl methyl sites for hydroxylation is 1. The highest BCUT2D eigenvalue weighted by Crippen LogP contribution is 2.27. The van der Waals surface area contributed by atoms with Gasteiger partial charge in [-0.15, -0.1) is 0 Å². The van der Waals surface area contributed by atoms with Gasteiger partial charge in [0.2, 0.25) is 5.91 Å². The molecule has 1 aliphatic heterocycles. The van der Waals surface area contributed by atoms with Crippen molar-refractivity contribution in [3.8, 4) is 11.5 Å². The Hall–Kier alpha value is -2.50. The predicted octanol–water partition coefficient (Wildman–Crippen LogP) is 2.46. The van der Waals surface area contributed by atoms with Crippen molar-refractivity contribution >= 4 is 5.91 Å². The van der Waals surface area contributed by atoms with Crippen LogP contribution in [-0.2, 0) is 4.79 Å². The number of rotatable bonds is 3. The van der Waals surface area contributed by atoms with E-state index >= 15 is 0 Å². The Balaban J connectivity index is 1.72. The zero-order valence-electron chi connectivity index (χ0n) is 13.5. The van der Waals surface area contributed by atoms with Gasteiger partial charge in [-0.3, -0.25) is 9.78 Å². The molecule has 3 rings (SSSR count). The van der Waals surface area contributed by atoms with Crippen molar-refractivity contribution in [2.75, 3.05) is 13.1 Å². The average molecular weight is 311 g/mol. The zero-order chi connectivity index (χ0) is 16.4. The van der Waals surface area contributed by atoms with Crippen molar-refractivity contribution in [1.82, 2.24) is 24.8 Å². The first-order chi connectivity index (χ1) is 11.0. The molecule has 0 unspecified atom stereocenters. The number of amides is 1. The molecule has 0 radical (unpaired) electrons. The second-order valence-corrected chi connectivity index (χ2v) is 6.09. The van der Waals surface area contributed by atoms with Crippen molar-refractivity contribution < 1.29 is 4.79 Å². The topological polar surface area (TPSA) is 74.8 Å². The molecule has 1 saturated heterocycles. The van der Waals surface area contributed by atoms with Crippen molar-refractivity contribution in [1.29, 1.82) is 0 Å². The molecule has 0 spiro atoms. The highest BCUT2D eigenvalue weighted by molar-refractivity contribution is 5.92. The van der Waals surface area contributed by atoms with E-state index in [1.54, 1.807) is 19.3 Å². The molecule has 0 atom stereocenters. The van der Waals surface area contributed by atoms with E-state index in [0.717, 1.165) is 48.8 Å². The third kappa shape index (κ3) is 3.31. The molecule has 23 heavy (non-hydrogen) atoms. The molecular weight excluding hydrogens is 290 g/mol. The number of hydrogen-bond acceptors (Lipinski definition) is 4. The van der Waals surface area contributed by atoms with Gasteiger partial charge in [-0.2, -0.15) is 0 Å². The Labute approximate surface area is 135 Å². The second kappa shape index (κ2) is 6.32. The van der Waals surface area contributed by atoms with Crippen molar-refractivity contribution in [2.45, 2.75) is 32.6 Å². The van der Waals surface area contributed by atoms with Crippen LogP contribution in [0.4, 0.5) is 0 Å². The van der Waals surface area contributed by atoms with Crippen molar-refractivity contribution in [3.05, 3.63) is 42.1 Å². The Morgan fingerprint density at radius 2 is 2.04 bits per heavy atom. The minimum absolute atomic E-state index is 0.0503. The summed E-state index contributed by atoms with van der Waals surface area (Å²) in [5.74, 6) is 1.12. The van der Waals surface area contributed by atoms with Crippen LogP contribution < -0.4 is 0 Å². The number of likely N-dealkylation sites (tertiary alicyclic amines) is 1. The highest BCUT2D eigenvalue weighted by Gasteiger charge is 2.25. The molecule has 3 heterocycles. The normalized spacial score (nSPS) is 15.7. The summed E-state index contributed by atoms with van der Waals surface area (Å²) in [6, 6.07) is 0. The maximum Gasteiger partial charge on any atom is 0.248 e. The molecule has 1 amide bonds. The number of piperidine rings is 1. The molecule has 1 N–H and O–H groups in total. The lowest BCUT2D eigenvalue weighted by atomic mass is 9.93. The van der Waals surface area contributed by atoms with E-state index in [1.165, 1.54) is 0 Å². The van der Waals surface area contributed by atoms with Crippen LogP contribution in [0.5, 0.6) is 0 Å². The summed E-state index contributed by atoms with van der Waals surface area (Å²) in [5.41, 5.74) is 3.33. The number of imidazole rings is 1. The number of nitrogens with one attached hydrogen (secondary N) is 1. The molecular formula is C17H21N5O. The van der Waals surface area contributed by atoms with Crippen LogP contribution in [0.3, 0.4) is 0 Å². The summed E-state index contributed by atoms with van der Waals surface area (Å²) < 4.78 is 0. The summed E-state index contributed by atoms with van der Waals surface area (Å²) >= 11 is 0. The first kappa shape index (κ1) is 15.4. The fourth-order valence-electron chi connectivity index (χ4n) is 2.88. The van der Waals surface area contributed by atoms with Gasteiger partial charge in [-0.05, 0) is 26.7 Å². The van der Waals surface area contributed by atoms with Gasteiger partial charge in [0.15, 0.2) is 5.82 Å². The third-order valence-electron chi connectivity index (χ3n) is 4.16. The number of carbonyl (C=O) groups is 1. The molecule has 0 saturated carbocycles. The van der Waals surface area contributed by atoms with Crippen LogP contribution in [-0.4, -0.2) is 43.8 Å². The van der Waals surface area contributed by atoms with Crippen LogP contribution in [0, 0.1) is 6.92 Å². The van der Waals surface area contributed by atoms with Crippen LogP contribution in [0.1, 0.15) is 37.1 Å². The SMILES string of the molecule is C=C(C)C(=O)N1CCC(c2cncc(-c3ncc(C)[nH]3)n2)CC1. The van der Waals surface area contributed by atoms with Crippen LogP contribution in [0.2, 0.25) is 0 Å². The number of hydrogen-bond donors (Lipinski definition) is 1. The maximum atomic E-state index is 12.0. The summed E-state index contributed by atoms with van der Waals surface area (Å²) in [6.07, 6.45) is 7.12. The molecule has 6 nitrogen and oxygen atoms in total. The number of aromatic amines is 1. The van der Waals surface area contributed by atoms with Gasteiger partial charge in [0.1, 0.15) is 5.69 Å². The van der Waals surface area contributed by atoms with Gasteiger partial charge in [-0.1, -0.05) is 6.58 Å². The summed E-state index contributed by atoms with van der Waals surface area (Å²) in [4.78, 5) is 30.3. The number of H-pyrrole nitrogens is 1. The Morgan fingerprint density at radius 1 is 1.30 bits per heavy atom. The monoisotopic (exact) mass is 311 g/mol. The van der Waals surface area contributed by atoms with Crippen LogP contribution >= 0.6 is 0 Å². The van der Waals surface area contributed by atoms with Gasteiger partial charge in [0.05, 0.1) is 11.9 Å². The summed E-state index contributed by atoms with van der Waals surface area (Å²) in [7, 11) is 0. The molecule has 6 heteroatoms. The first-order valence-electron chi connectivity index (χ1n) is 7.83. The Bertz CT molecular complexity index is 728. The number of carbonyl (C=O) groups excluding carboxylic acids is 1. The van der Waals surface area contributed by atoms with Crippen molar-refractivity contribution in [3.63, 3.8) is 0 Å². The van der Waals surface area contributed by atoms with E-state index in [1.807, 2.05) is 18.0 Å². The van der Waals surface area contributed by atoms with Crippen molar-refractivity contribution in [2.24, 2.45) is 0 Å². The quantitative estimate of drug-likeness (QED) is 0.884. The Kier molecular flexibility index (Phi) is 4.23. The predicted molar refractivity (Wildman–Crippen MR) is 87.7 cm³/mol. The van der Waals surface area contributed by atoms with Gasteiger partial charge < -0.3 is 9.88 Å². The summed E-state index contributed by atoms with van der Waals surface area (Å²) in [5, 5.41) is 0. The minimum atomic E-state index is 0.0503. The van der Waals surface area contributed by atoms with E-state index in [9.17, 15) is 4.79 Å². The second-order valence-electron chi connectivity index (χ2n) is 6.09. The van der Waals surface area contributed by atoms with Crippen LogP contribution in [0.15, 0.2) is 30.7 Å². The van der Waals surface area contributed by atoms with E-state index in [-0.39, 0.29) is 5.91 Å². The fourth-order valence-corrected chi connectivity index (χ4v) is 2.88. The fraction of sp³-hybridized carbons (Fsp3) is 0.412. The first-order valence-corrected chi connectivity index (χ1v) is 7.83. The molecule has 1 aliphatic rings. The lowest BCUT2D eigenvalue weighted by molar-refractivity contribution is -0.128. The maximum absolute atomic E-state index is 12.0. The zero-order valence-corrected chi connectivity index (χ0v) is 13.5. The molecule has 0 aromatic carbocycles. The number of aromatic nitrogens is 4. The lowest BCUT2D eigenvalue weighted by Gasteiger charge is -2.31. The summed E-state index contributed by atoms with van der Waals surface area (Å²) in [6.45, 7) is 8.93. The molecule has 1 fully saturated rings. The van der Waals surface area contributed by atoms with Gasteiger partial charge in [0, 0.05) is 42.7 Å². The van der Waals surface area contributed by atoms with Crippen LogP contribution in [0.25, 0.3) is 11.5 Å². The van der Waals surface area contributed by atoms with E-state index < -0.39 is 0 Å². The largest absolute Gasteiger partial charge is 0.341 e. The lowest BCUT2D eigenvalue weighted by Crippen LogP contribution is -2.38. The third-order valence-corrected chi connectivity index (χ3v) is 4.16. The minimum Gasteiger partial charge on any atom is -0.341 e. The molecule has 2 aromatic heterocycles. The van der Waals surface area contributed by atoms with Gasteiger partial charge in [0.25, 0.3) is 0 Å². The van der Waals surface area contributed by atoms with Gasteiger partial charge in [-0.25, -0.2) is 9.97 Å². The molecule has 0 aliphatic carbocycles. The van der Waals surface area contributed by atoms with Gasteiger partial charge >= 0.3 is 0 Å². The number of nitrogens with zero attached hydrogens (tertiary/aromatic N) is 4. The molecule has 0 bridgehead atoms. The standard InChI is InChI=1S/C17H21N5O/c1-11(2)17(23)22-6-4-13(5-7-22)14-9-18-10-15(21-14)16-19-8-12(3)20-16/h8-10,13H,1,4-7H2,2-3H3,(H,19,20). The van der Waals surface area contributed by atoms with E-state index in [0.29, 0.717) is 11.5 Å². The average Bonchev–Trinajstić information content (AvgIpc) is 3.01.